The van der Waals surface area contributed by atoms with Crippen LogP contribution in [-0.4, -0.2) is 30.7 Å². The summed E-state index contributed by atoms with van der Waals surface area (Å²) in [5, 5.41) is 10.6. The van der Waals surface area contributed by atoms with Crippen LogP contribution in [0.15, 0.2) is 55.0 Å². The molecule has 0 bridgehead atoms. The predicted molar refractivity (Wildman–Crippen MR) is 88.6 cm³/mol. The lowest BCUT2D eigenvalue weighted by Crippen LogP contribution is -2.11. The number of imidazole rings is 1. The molecule has 24 heavy (non-hydrogen) atoms. The third-order valence-electron chi connectivity index (χ3n) is 4.61. The second-order valence-electron chi connectivity index (χ2n) is 5.94. The number of carbonyl (C=O) groups excluding carboxylic acids is 1. The summed E-state index contributed by atoms with van der Waals surface area (Å²) < 4.78 is 2.08. The Bertz CT molecular complexity index is 1080. The quantitative estimate of drug-likeness (QED) is 0.590. The van der Waals surface area contributed by atoms with Gasteiger partial charge in [0, 0.05) is 17.5 Å². The van der Waals surface area contributed by atoms with Crippen LogP contribution in [0.4, 0.5) is 0 Å². The van der Waals surface area contributed by atoms with Crippen molar-refractivity contribution >= 4 is 16.8 Å². The van der Waals surface area contributed by atoms with E-state index in [1.807, 2.05) is 30.5 Å². The minimum atomic E-state index is -0.0146. The van der Waals surface area contributed by atoms with Gasteiger partial charge in [0.1, 0.15) is 11.0 Å². The van der Waals surface area contributed by atoms with Crippen LogP contribution in [-0.2, 0) is 0 Å². The molecule has 6 nitrogen and oxygen atoms in total. The van der Waals surface area contributed by atoms with Crippen molar-refractivity contribution in [3.8, 4) is 11.3 Å². The lowest BCUT2D eigenvalue weighted by Gasteiger charge is -2.14. The maximum Gasteiger partial charge on any atom is 0.165 e. The van der Waals surface area contributed by atoms with Crippen LogP contribution in [0.5, 0.6) is 0 Å². The largest absolute Gasteiger partial charge is 0.322 e. The average Bonchev–Trinajstić information content (AvgIpc) is 3.31. The number of nitrogens with one attached hydrogen (secondary N) is 1. The van der Waals surface area contributed by atoms with E-state index in [2.05, 4.69) is 37.1 Å². The second kappa shape index (κ2) is 4.86. The molecule has 6 heteroatoms. The van der Waals surface area contributed by atoms with Gasteiger partial charge in [0.15, 0.2) is 5.78 Å². The van der Waals surface area contributed by atoms with Gasteiger partial charge in [-0.3, -0.25) is 4.79 Å². The van der Waals surface area contributed by atoms with E-state index in [9.17, 15) is 4.79 Å². The lowest BCUT2D eigenvalue weighted by atomic mass is 9.96. The number of H-pyrrole nitrogens is 1. The Kier molecular flexibility index (Phi) is 2.67. The van der Waals surface area contributed by atoms with Crippen molar-refractivity contribution in [2.24, 2.45) is 0 Å². The Morgan fingerprint density at radius 2 is 2.00 bits per heavy atom. The van der Waals surface area contributed by atoms with Gasteiger partial charge in [-0.05, 0) is 23.8 Å². The molecule has 4 aromatic rings. The minimum absolute atomic E-state index is 0.0146. The summed E-state index contributed by atoms with van der Waals surface area (Å²) >= 11 is 0. The number of aromatic nitrogens is 5. The first-order valence-electron chi connectivity index (χ1n) is 7.76. The van der Waals surface area contributed by atoms with Crippen molar-refractivity contribution in [1.82, 2.24) is 25.0 Å². The van der Waals surface area contributed by atoms with Crippen LogP contribution in [0.25, 0.3) is 22.3 Å². The fourth-order valence-corrected chi connectivity index (χ4v) is 3.45. The molecular formula is C18H13N5O. The van der Waals surface area contributed by atoms with Gasteiger partial charge in [-0.15, -0.1) is 0 Å². The number of nitrogens with zero attached hydrogens (tertiary/aromatic N) is 4. The lowest BCUT2D eigenvalue weighted by molar-refractivity contribution is 0.0970. The van der Waals surface area contributed by atoms with Crippen LogP contribution in [0, 0.1) is 0 Å². The molecule has 1 aliphatic rings. The number of ketones is 1. The van der Waals surface area contributed by atoms with Gasteiger partial charge in [-0.2, -0.15) is 15.4 Å². The van der Waals surface area contributed by atoms with E-state index < -0.39 is 0 Å². The van der Waals surface area contributed by atoms with Gasteiger partial charge < -0.3 is 4.57 Å². The molecule has 0 saturated heterocycles. The van der Waals surface area contributed by atoms with Crippen LogP contribution >= 0.6 is 0 Å². The summed E-state index contributed by atoms with van der Waals surface area (Å²) in [6.45, 7) is 0. The van der Waals surface area contributed by atoms with Gasteiger partial charge in [-0.1, -0.05) is 24.3 Å². The average molecular weight is 315 g/mol. The SMILES string of the molecule is O=C(CC1c2ccccc2-c2cncn21)c1ccc2n[nH]nc2c1. The summed E-state index contributed by atoms with van der Waals surface area (Å²) in [7, 11) is 0. The molecule has 0 saturated carbocycles. The van der Waals surface area contributed by atoms with E-state index in [-0.39, 0.29) is 11.8 Å². The van der Waals surface area contributed by atoms with Crippen molar-refractivity contribution in [3.05, 3.63) is 66.1 Å². The smallest absolute Gasteiger partial charge is 0.165 e. The number of rotatable bonds is 3. The molecule has 2 aromatic carbocycles. The highest BCUT2D eigenvalue weighted by Gasteiger charge is 2.29. The molecule has 0 fully saturated rings. The number of hydrogen-bond donors (Lipinski definition) is 1. The highest BCUT2D eigenvalue weighted by molar-refractivity contribution is 5.99. The van der Waals surface area contributed by atoms with Crippen molar-refractivity contribution in [3.63, 3.8) is 0 Å². The van der Waals surface area contributed by atoms with Gasteiger partial charge >= 0.3 is 0 Å². The molecule has 1 N–H and O–H groups in total. The number of benzene rings is 2. The maximum absolute atomic E-state index is 12.8. The Labute approximate surface area is 137 Å². The van der Waals surface area contributed by atoms with E-state index in [4.69, 9.17) is 0 Å². The summed E-state index contributed by atoms with van der Waals surface area (Å²) in [6, 6.07) is 13.6. The first-order valence-corrected chi connectivity index (χ1v) is 7.76. The summed E-state index contributed by atoms with van der Waals surface area (Å²) in [6.07, 6.45) is 4.04. The third-order valence-corrected chi connectivity index (χ3v) is 4.61. The Morgan fingerprint density at radius 3 is 2.96 bits per heavy atom. The van der Waals surface area contributed by atoms with Crippen molar-refractivity contribution in [2.45, 2.75) is 12.5 Å². The minimum Gasteiger partial charge on any atom is -0.322 e. The highest BCUT2D eigenvalue weighted by Crippen LogP contribution is 2.41. The molecule has 1 aliphatic heterocycles. The van der Waals surface area contributed by atoms with E-state index >= 15 is 0 Å². The fraction of sp³-hybridized carbons (Fsp3) is 0.111. The fourth-order valence-electron chi connectivity index (χ4n) is 3.45. The van der Waals surface area contributed by atoms with Crippen molar-refractivity contribution in [1.29, 1.82) is 0 Å². The zero-order chi connectivity index (χ0) is 16.1. The van der Waals surface area contributed by atoms with Gasteiger partial charge in [-0.25, -0.2) is 4.98 Å². The van der Waals surface area contributed by atoms with E-state index in [0.717, 1.165) is 16.8 Å². The molecule has 2 aromatic heterocycles. The predicted octanol–water partition coefficient (Wildman–Crippen LogP) is 3.00. The van der Waals surface area contributed by atoms with E-state index in [0.29, 0.717) is 17.5 Å². The van der Waals surface area contributed by atoms with Gasteiger partial charge in [0.2, 0.25) is 0 Å². The zero-order valence-corrected chi connectivity index (χ0v) is 12.7. The molecule has 0 radical (unpaired) electrons. The molecule has 0 spiro atoms. The summed E-state index contributed by atoms with van der Waals surface area (Å²) in [4.78, 5) is 17.1. The molecular weight excluding hydrogens is 302 g/mol. The first-order chi connectivity index (χ1) is 11.8. The van der Waals surface area contributed by atoms with Gasteiger partial charge in [0.25, 0.3) is 0 Å². The summed E-state index contributed by atoms with van der Waals surface area (Å²) in [5.41, 5.74) is 5.51. The Morgan fingerprint density at radius 1 is 1.12 bits per heavy atom. The molecule has 1 unspecified atom stereocenters. The molecule has 5 rings (SSSR count). The van der Waals surface area contributed by atoms with Crippen LogP contribution < -0.4 is 0 Å². The summed E-state index contributed by atoms with van der Waals surface area (Å²) in [5.74, 6) is 0.0845. The van der Waals surface area contributed by atoms with E-state index in [1.54, 1.807) is 12.4 Å². The molecule has 3 heterocycles. The number of hydrogen-bond acceptors (Lipinski definition) is 4. The van der Waals surface area contributed by atoms with Crippen LogP contribution in [0.1, 0.15) is 28.4 Å². The number of aromatic amines is 1. The Hall–Kier alpha value is -3.28. The van der Waals surface area contributed by atoms with Crippen LogP contribution in [0.2, 0.25) is 0 Å². The van der Waals surface area contributed by atoms with Crippen LogP contribution in [0.3, 0.4) is 0 Å². The number of Topliss-reactive ketones (excluding diaryl/α,β-unsaturated/α-hetero) is 1. The Balaban J connectivity index is 1.52. The monoisotopic (exact) mass is 315 g/mol. The molecule has 0 amide bonds. The second-order valence-corrected chi connectivity index (χ2v) is 5.94. The zero-order valence-electron chi connectivity index (χ0n) is 12.7. The third kappa shape index (κ3) is 1.83. The molecule has 1 atom stereocenters. The van der Waals surface area contributed by atoms with Gasteiger partial charge in [0.05, 0.1) is 24.3 Å². The standard InChI is InChI=1S/C18H13N5O/c24-18(11-5-6-14-15(7-11)21-22-20-14)8-16-12-3-1-2-4-13(12)17-9-19-10-23(16)17/h1-7,9-10,16H,8H2,(H,20,21,22). The molecule has 116 valence electrons. The maximum atomic E-state index is 12.8. The normalized spacial score (nSPS) is 15.4. The molecule has 0 aliphatic carbocycles. The number of fused-ring (bicyclic) bond motifs is 4. The topological polar surface area (TPSA) is 76.5 Å². The van der Waals surface area contributed by atoms with E-state index in [1.165, 1.54) is 5.56 Å². The van der Waals surface area contributed by atoms with Crippen molar-refractivity contribution in [2.75, 3.05) is 0 Å². The highest BCUT2D eigenvalue weighted by atomic mass is 16.1. The first kappa shape index (κ1) is 13.2. The van der Waals surface area contributed by atoms with Crippen molar-refractivity contribution < 1.29 is 4.79 Å². The number of carbonyl (C=O) groups is 1.